The van der Waals surface area contributed by atoms with E-state index in [2.05, 4.69) is 23.1 Å². The zero-order chi connectivity index (χ0) is 14.0. The zero-order valence-corrected chi connectivity index (χ0v) is 11.1. The Bertz CT molecular complexity index is 642. The summed E-state index contributed by atoms with van der Waals surface area (Å²) in [5.74, 6) is 0.850. The molecule has 0 bridgehead atoms. The van der Waals surface area contributed by atoms with E-state index in [0.717, 1.165) is 28.0 Å². The van der Waals surface area contributed by atoms with Crippen molar-refractivity contribution in [2.45, 2.75) is 13.8 Å². The van der Waals surface area contributed by atoms with Crippen molar-refractivity contribution in [3.05, 3.63) is 55.0 Å². The molecule has 0 saturated heterocycles. The third kappa shape index (κ3) is 2.71. The third-order valence-corrected chi connectivity index (χ3v) is 2.77. The normalized spacial score (nSPS) is 10.2. The lowest BCUT2D eigenvalue weighted by Crippen LogP contribution is -1.98. The number of allylic oxidation sites excluding steroid dienone is 2. The lowest BCUT2D eigenvalue weighted by Gasteiger charge is -2.10. The lowest BCUT2D eigenvalue weighted by atomic mass is 10.0. The number of aromatic hydroxyl groups is 1. The second-order valence-corrected chi connectivity index (χ2v) is 4.56. The Labute approximate surface area is 113 Å². The van der Waals surface area contributed by atoms with Crippen LogP contribution in [0.2, 0.25) is 0 Å². The molecule has 0 amide bonds. The summed E-state index contributed by atoms with van der Waals surface area (Å²) in [6.45, 7) is 11.6. The van der Waals surface area contributed by atoms with E-state index in [-0.39, 0.29) is 5.75 Å². The molecular weight excluding hydrogens is 236 g/mol. The Kier molecular flexibility index (Phi) is 3.47. The second kappa shape index (κ2) is 5.06. The lowest BCUT2D eigenvalue weighted by molar-refractivity contribution is 0.475. The highest BCUT2D eigenvalue weighted by atomic mass is 16.3. The van der Waals surface area contributed by atoms with Gasteiger partial charge in [0, 0.05) is 17.3 Å². The van der Waals surface area contributed by atoms with Crippen molar-refractivity contribution < 1.29 is 5.11 Å². The van der Waals surface area contributed by atoms with Crippen LogP contribution < -0.4 is 0 Å². The average molecular weight is 252 g/mol. The predicted octanol–water partition coefficient (Wildman–Crippen LogP) is 3.92. The van der Waals surface area contributed by atoms with Crippen molar-refractivity contribution in [2.24, 2.45) is 0 Å². The van der Waals surface area contributed by atoms with E-state index in [4.69, 9.17) is 0 Å². The molecule has 0 saturated carbocycles. The van der Waals surface area contributed by atoms with Gasteiger partial charge in [-0.15, -0.1) is 0 Å². The summed E-state index contributed by atoms with van der Waals surface area (Å²) in [5, 5.41) is 9.36. The van der Waals surface area contributed by atoms with Gasteiger partial charge in [0.05, 0.1) is 5.69 Å². The zero-order valence-electron chi connectivity index (χ0n) is 11.1. The number of aromatic nitrogens is 2. The summed E-state index contributed by atoms with van der Waals surface area (Å²) in [6.07, 6.45) is 1.77. The number of benzene rings is 1. The minimum absolute atomic E-state index is 0.231. The molecule has 1 aromatic heterocycles. The van der Waals surface area contributed by atoms with Crippen molar-refractivity contribution in [2.75, 3.05) is 0 Å². The Hall–Kier alpha value is -2.42. The first-order valence-electron chi connectivity index (χ1n) is 5.97. The molecule has 1 aromatic carbocycles. The van der Waals surface area contributed by atoms with Crippen molar-refractivity contribution in [3.8, 4) is 17.0 Å². The van der Waals surface area contributed by atoms with Crippen LogP contribution in [0.1, 0.15) is 25.2 Å². The van der Waals surface area contributed by atoms with Gasteiger partial charge >= 0.3 is 0 Å². The Morgan fingerprint density at radius 3 is 2.21 bits per heavy atom. The van der Waals surface area contributed by atoms with Gasteiger partial charge in [-0.2, -0.15) is 0 Å². The van der Waals surface area contributed by atoms with Crippen LogP contribution in [-0.4, -0.2) is 15.1 Å². The number of hydrogen-bond donors (Lipinski definition) is 1. The van der Waals surface area contributed by atoms with Crippen LogP contribution >= 0.6 is 0 Å². The van der Waals surface area contributed by atoms with Gasteiger partial charge in [0.1, 0.15) is 5.75 Å². The summed E-state index contributed by atoms with van der Waals surface area (Å²) in [6, 6.07) is 6.93. The highest BCUT2D eigenvalue weighted by Crippen LogP contribution is 2.28. The van der Waals surface area contributed by atoms with E-state index in [1.807, 2.05) is 26.0 Å². The van der Waals surface area contributed by atoms with E-state index in [0.29, 0.717) is 5.82 Å². The predicted molar refractivity (Wildman–Crippen MR) is 78.5 cm³/mol. The van der Waals surface area contributed by atoms with Gasteiger partial charge in [-0.1, -0.05) is 13.2 Å². The maximum Gasteiger partial charge on any atom is 0.154 e. The van der Waals surface area contributed by atoms with Crippen LogP contribution in [0.25, 0.3) is 22.4 Å². The van der Waals surface area contributed by atoms with E-state index in [1.165, 1.54) is 0 Å². The standard InChI is InChI=1S/C16H16N2O/c1-10(2)14-9-17-16(11(3)4)18-15(14)12-5-7-13(19)8-6-12/h5-9,19H,1,3H2,2,4H3. The molecule has 3 heteroatoms. The van der Waals surface area contributed by atoms with Gasteiger partial charge < -0.3 is 5.11 Å². The molecule has 3 nitrogen and oxygen atoms in total. The summed E-state index contributed by atoms with van der Waals surface area (Å²) in [5.41, 5.74) is 4.33. The summed E-state index contributed by atoms with van der Waals surface area (Å²) in [4.78, 5) is 8.82. The first-order chi connectivity index (χ1) is 8.99. The van der Waals surface area contributed by atoms with Gasteiger partial charge in [0.25, 0.3) is 0 Å². The molecule has 0 fully saturated rings. The highest BCUT2D eigenvalue weighted by molar-refractivity contribution is 5.77. The number of phenolic OH excluding ortho intramolecular Hbond substituents is 1. The SMILES string of the molecule is C=C(C)c1ncc(C(=C)C)c(-c2ccc(O)cc2)n1. The summed E-state index contributed by atoms with van der Waals surface area (Å²) in [7, 11) is 0. The fraction of sp³-hybridized carbons (Fsp3) is 0.125. The number of nitrogens with zero attached hydrogens (tertiary/aromatic N) is 2. The van der Waals surface area contributed by atoms with Crippen LogP contribution in [0, 0.1) is 0 Å². The van der Waals surface area contributed by atoms with Crippen molar-refractivity contribution in [1.29, 1.82) is 0 Å². The molecule has 19 heavy (non-hydrogen) atoms. The molecule has 0 unspecified atom stereocenters. The molecule has 0 aliphatic heterocycles. The molecule has 2 aromatic rings. The van der Waals surface area contributed by atoms with E-state index in [9.17, 15) is 5.11 Å². The van der Waals surface area contributed by atoms with Crippen molar-refractivity contribution >= 4 is 11.1 Å². The number of phenols is 1. The molecule has 2 rings (SSSR count). The second-order valence-electron chi connectivity index (χ2n) is 4.56. The molecule has 0 aliphatic carbocycles. The molecule has 96 valence electrons. The maximum atomic E-state index is 9.36. The minimum atomic E-state index is 0.231. The molecule has 1 N–H and O–H groups in total. The van der Waals surface area contributed by atoms with Gasteiger partial charge in [-0.25, -0.2) is 9.97 Å². The van der Waals surface area contributed by atoms with Gasteiger partial charge in [0.2, 0.25) is 0 Å². The summed E-state index contributed by atoms with van der Waals surface area (Å²) < 4.78 is 0. The first-order valence-corrected chi connectivity index (χ1v) is 5.97. The topological polar surface area (TPSA) is 46.0 Å². The quantitative estimate of drug-likeness (QED) is 0.900. The van der Waals surface area contributed by atoms with Crippen LogP contribution in [0.15, 0.2) is 43.6 Å². The molecule has 0 aliphatic rings. The molecule has 1 heterocycles. The third-order valence-electron chi connectivity index (χ3n) is 2.77. The van der Waals surface area contributed by atoms with Gasteiger partial charge in [0.15, 0.2) is 5.82 Å². The molecule has 0 atom stereocenters. The smallest absolute Gasteiger partial charge is 0.154 e. The molecular formula is C16H16N2O. The van der Waals surface area contributed by atoms with Crippen molar-refractivity contribution in [3.63, 3.8) is 0 Å². The van der Waals surface area contributed by atoms with Gasteiger partial charge in [-0.05, 0) is 49.3 Å². The van der Waals surface area contributed by atoms with Crippen LogP contribution in [0.3, 0.4) is 0 Å². The maximum absolute atomic E-state index is 9.36. The van der Waals surface area contributed by atoms with E-state index < -0.39 is 0 Å². The fourth-order valence-electron chi connectivity index (χ4n) is 1.74. The minimum Gasteiger partial charge on any atom is -0.508 e. The Morgan fingerprint density at radius 1 is 1.05 bits per heavy atom. The molecule has 0 radical (unpaired) electrons. The number of rotatable bonds is 3. The van der Waals surface area contributed by atoms with Gasteiger partial charge in [-0.3, -0.25) is 0 Å². The monoisotopic (exact) mass is 252 g/mol. The van der Waals surface area contributed by atoms with E-state index >= 15 is 0 Å². The fourth-order valence-corrected chi connectivity index (χ4v) is 1.74. The van der Waals surface area contributed by atoms with Crippen LogP contribution in [0.4, 0.5) is 0 Å². The van der Waals surface area contributed by atoms with Crippen LogP contribution in [-0.2, 0) is 0 Å². The largest absolute Gasteiger partial charge is 0.508 e. The molecule has 0 spiro atoms. The first kappa shape index (κ1) is 13.0. The summed E-state index contributed by atoms with van der Waals surface area (Å²) >= 11 is 0. The Balaban J connectivity index is 2.64. The van der Waals surface area contributed by atoms with Crippen LogP contribution in [0.5, 0.6) is 5.75 Å². The van der Waals surface area contributed by atoms with E-state index in [1.54, 1.807) is 18.3 Å². The Morgan fingerprint density at radius 2 is 1.68 bits per heavy atom. The average Bonchev–Trinajstić information content (AvgIpc) is 2.38. The highest BCUT2D eigenvalue weighted by Gasteiger charge is 2.10. The van der Waals surface area contributed by atoms with Crippen molar-refractivity contribution in [1.82, 2.24) is 9.97 Å². The number of hydrogen-bond acceptors (Lipinski definition) is 3.